The van der Waals surface area contributed by atoms with Crippen molar-refractivity contribution >= 4 is 11.9 Å². The topological polar surface area (TPSA) is 70.5 Å². The van der Waals surface area contributed by atoms with Gasteiger partial charge >= 0.3 is 5.97 Å². The second-order valence-electron chi connectivity index (χ2n) is 3.92. The SMILES string of the molecule is CCN(C(=O)c1ccc(C(=O)O)nc1)C(C)C. The Kier molecular flexibility index (Phi) is 4.20. The van der Waals surface area contributed by atoms with Crippen molar-refractivity contribution < 1.29 is 14.7 Å². The maximum Gasteiger partial charge on any atom is 0.354 e. The Bertz CT molecular complexity index is 412. The predicted molar refractivity (Wildman–Crippen MR) is 63.0 cm³/mol. The molecule has 0 radical (unpaired) electrons. The minimum Gasteiger partial charge on any atom is -0.477 e. The summed E-state index contributed by atoms with van der Waals surface area (Å²) in [6.45, 7) is 6.37. The molecule has 5 heteroatoms. The van der Waals surface area contributed by atoms with Crippen molar-refractivity contribution in [2.24, 2.45) is 0 Å². The molecule has 17 heavy (non-hydrogen) atoms. The van der Waals surface area contributed by atoms with E-state index in [-0.39, 0.29) is 17.6 Å². The second-order valence-corrected chi connectivity index (χ2v) is 3.92. The Morgan fingerprint density at radius 3 is 2.41 bits per heavy atom. The van der Waals surface area contributed by atoms with Gasteiger partial charge in [-0.05, 0) is 32.9 Å². The maximum atomic E-state index is 12.0. The summed E-state index contributed by atoms with van der Waals surface area (Å²) in [6, 6.07) is 2.93. The zero-order chi connectivity index (χ0) is 13.0. The minimum atomic E-state index is -1.10. The number of aromatic nitrogens is 1. The number of aromatic carboxylic acids is 1. The molecule has 5 nitrogen and oxygen atoms in total. The lowest BCUT2D eigenvalue weighted by Crippen LogP contribution is -2.36. The molecule has 92 valence electrons. The fourth-order valence-corrected chi connectivity index (χ4v) is 1.56. The monoisotopic (exact) mass is 236 g/mol. The quantitative estimate of drug-likeness (QED) is 0.862. The molecule has 1 aromatic rings. The van der Waals surface area contributed by atoms with Crippen LogP contribution in [0.3, 0.4) is 0 Å². The van der Waals surface area contributed by atoms with Gasteiger partial charge in [0.2, 0.25) is 0 Å². The number of rotatable bonds is 4. The number of pyridine rings is 1. The van der Waals surface area contributed by atoms with Gasteiger partial charge in [0.1, 0.15) is 5.69 Å². The van der Waals surface area contributed by atoms with E-state index < -0.39 is 5.97 Å². The largest absolute Gasteiger partial charge is 0.477 e. The molecule has 1 rings (SSSR count). The molecule has 0 unspecified atom stereocenters. The third-order valence-corrected chi connectivity index (χ3v) is 2.45. The lowest BCUT2D eigenvalue weighted by atomic mass is 10.2. The van der Waals surface area contributed by atoms with Crippen LogP contribution in [0.25, 0.3) is 0 Å². The van der Waals surface area contributed by atoms with E-state index in [1.807, 2.05) is 20.8 Å². The summed E-state index contributed by atoms with van der Waals surface area (Å²) in [4.78, 5) is 28.1. The molecule has 0 aliphatic heterocycles. The van der Waals surface area contributed by atoms with Crippen LogP contribution in [0, 0.1) is 0 Å². The van der Waals surface area contributed by atoms with Crippen molar-refractivity contribution in [1.29, 1.82) is 0 Å². The summed E-state index contributed by atoms with van der Waals surface area (Å²) in [6.07, 6.45) is 1.30. The van der Waals surface area contributed by atoms with E-state index >= 15 is 0 Å². The highest BCUT2D eigenvalue weighted by Gasteiger charge is 2.17. The van der Waals surface area contributed by atoms with E-state index in [1.54, 1.807) is 4.90 Å². The molecule has 0 spiro atoms. The highest BCUT2D eigenvalue weighted by Crippen LogP contribution is 2.08. The van der Waals surface area contributed by atoms with E-state index in [2.05, 4.69) is 4.98 Å². The summed E-state index contributed by atoms with van der Waals surface area (Å²) in [5, 5.41) is 8.70. The number of carboxylic acids is 1. The lowest BCUT2D eigenvalue weighted by molar-refractivity contribution is 0.0683. The number of amides is 1. The first-order valence-corrected chi connectivity index (χ1v) is 5.47. The molecule has 0 fully saturated rings. The molecule has 1 N–H and O–H groups in total. The van der Waals surface area contributed by atoms with Crippen molar-refractivity contribution in [2.45, 2.75) is 26.8 Å². The van der Waals surface area contributed by atoms with Gasteiger partial charge < -0.3 is 10.0 Å². The van der Waals surface area contributed by atoms with Gasteiger partial charge in [-0.2, -0.15) is 0 Å². The molecule has 1 heterocycles. The number of carbonyl (C=O) groups excluding carboxylic acids is 1. The predicted octanol–water partition coefficient (Wildman–Crippen LogP) is 1.65. The van der Waals surface area contributed by atoms with Crippen LogP contribution in [0.15, 0.2) is 18.3 Å². The van der Waals surface area contributed by atoms with Gasteiger partial charge in [0, 0.05) is 18.8 Å². The van der Waals surface area contributed by atoms with E-state index in [0.29, 0.717) is 12.1 Å². The van der Waals surface area contributed by atoms with E-state index in [1.165, 1.54) is 18.3 Å². The summed E-state index contributed by atoms with van der Waals surface area (Å²) >= 11 is 0. The molecule has 1 aromatic heterocycles. The lowest BCUT2D eigenvalue weighted by Gasteiger charge is -2.25. The molecule has 0 aliphatic carbocycles. The van der Waals surface area contributed by atoms with Gasteiger partial charge in [0.05, 0.1) is 5.56 Å². The summed E-state index contributed by atoms with van der Waals surface area (Å²) in [5.41, 5.74) is 0.347. The fourth-order valence-electron chi connectivity index (χ4n) is 1.56. The zero-order valence-corrected chi connectivity index (χ0v) is 10.2. The molecular weight excluding hydrogens is 220 g/mol. The van der Waals surface area contributed by atoms with Crippen LogP contribution >= 0.6 is 0 Å². The molecule has 0 aliphatic rings. The third kappa shape index (κ3) is 3.03. The van der Waals surface area contributed by atoms with Gasteiger partial charge in [0.15, 0.2) is 0 Å². The number of nitrogens with zero attached hydrogens (tertiary/aromatic N) is 2. The summed E-state index contributed by atoms with van der Waals surface area (Å²) in [7, 11) is 0. The Labute approximate surface area is 100 Å². The van der Waals surface area contributed by atoms with Crippen LogP contribution in [0.1, 0.15) is 41.6 Å². The fraction of sp³-hybridized carbons (Fsp3) is 0.417. The van der Waals surface area contributed by atoms with Crippen molar-refractivity contribution in [2.75, 3.05) is 6.54 Å². The second kappa shape index (κ2) is 5.43. The molecule has 0 saturated heterocycles. The average Bonchev–Trinajstić information content (AvgIpc) is 2.29. The first kappa shape index (κ1) is 13.2. The molecule has 1 amide bonds. The molecular formula is C12H16N2O3. The van der Waals surface area contributed by atoms with Crippen LogP contribution in [0.2, 0.25) is 0 Å². The van der Waals surface area contributed by atoms with Gasteiger partial charge in [0.25, 0.3) is 5.91 Å². The third-order valence-electron chi connectivity index (χ3n) is 2.45. The van der Waals surface area contributed by atoms with Crippen molar-refractivity contribution in [3.05, 3.63) is 29.6 Å². The number of hydrogen-bond acceptors (Lipinski definition) is 3. The minimum absolute atomic E-state index is 0.0610. The Morgan fingerprint density at radius 2 is 2.06 bits per heavy atom. The molecule has 0 bridgehead atoms. The summed E-state index contributed by atoms with van der Waals surface area (Å²) in [5.74, 6) is -1.23. The van der Waals surface area contributed by atoms with Gasteiger partial charge in [-0.3, -0.25) is 4.79 Å². The van der Waals surface area contributed by atoms with Crippen LogP contribution in [-0.2, 0) is 0 Å². The average molecular weight is 236 g/mol. The van der Waals surface area contributed by atoms with E-state index in [9.17, 15) is 9.59 Å². The van der Waals surface area contributed by atoms with Crippen molar-refractivity contribution in [1.82, 2.24) is 9.88 Å². The van der Waals surface area contributed by atoms with Gasteiger partial charge in [-0.25, -0.2) is 9.78 Å². The highest BCUT2D eigenvalue weighted by atomic mass is 16.4. The first-order valence-electron chi connectivity index (χ1n) is 5.47. The van der Waals surface area contributed by atoms with Crippen molar-refractivity contribution in [3.8, 4) is 0 Å². The highest BCUT2D eigenvalue weighted by molar-refractivity contribution is 5.95. The zero-order valence-electron chi connectivity index (χ0n) is 10.2. The maximum absolute atomic E-state index is 12.0. The van der Waals surface area contributed by atoms with Gasteiger partial charge in [-0.1, -0.05) is 0 Å². The van der Waals surface area contributed by atoms with Crippen LogP contribution in [0.4, 0.5) is 0 Å². The summed E-state index contributed by atoms with van der Waals surface area (Å²) < 4.78 is 0. The Hall–Kier alpha value is -1.91. The smallest absolute Gasteiger partial charge is 0.354 e. The number of hydrogen-bond donors (Lipinski definition) is 1. The molecule has 0 atom stereocenters. The van der Waals surface area contributed by atoms with Crippen LogP contribution in [0.5, 0.6) is 0 Å². The normalized spacial score (nSPS) is 10.4. The number of carbonyl (C=O) groups is 2. The van der Waals surface area contributed by atoms with E-state index in [4.69, 9.17) is 5.11 Å². The molecule has 0 saturated carbocycles. The number of carboxylic acid groups (broad SMARTS) is 1. The Morgan fingerprint density at radius 1 is 1.41 bits per heavy atom. The van der Waals surface area contributed by atoms with Crippen LogP contribution < -0.4 is 0 Å². The van der Waals surface area contributed by atoms with Crippen molar-refractivity contribution in [3.63, 3.8) is 0 Å². The standard InChI is InChI=1S/C12H16N2O3/c1-4-14(8(2)3)11(15)9-5-6-10(12(16)17)13-7-9/h5-8H,4H2,1-3H3,(H,16,17). The van der Waals surface area contributed by atoms with Gasteiger partial charge in [-0.15, -0.1) is 0 Å². The Balaban J connectivity index is 2.93. The van der Waals surface area contributed by atoms with Crippen LogP contribution in [-0.4, -0.2) is 39.5 Å². The van der Waals surface area contributed by atoms with E-state index in [0.717, 1.165) is 0 Å². The molecule has 0 aromatic carbocycles. The first-order chi connectivity index (χ1) is 7.97.